The number of carbonyl (C=O) groups is 1. The van der Waals surface area contributed by atoms with Gasteiger partial charge in [0.15, 0.2) is 0 Å². The molecule has 4 heterocycles. The Morgan fingerprint density at radius 2 is 2.14 bits per heavy atom. The number of nitrogens with zero attached hydrogens (tertiary/aromatic N) is 4. The first kappa shape index (κ1) is 19.3. The van der Waals surface area contributed by atoms with E-state index in [0.29, 0.717) is 5.88 Å². The molecule has 29 heavy (non-hydrogen) atoms. The molecule has 1 fully saturated rings. The lowest BCUT2D eigenvalue weighted by Crippen LogP contribution is -2.44. The number of fused-ring (bicyclic) bond motifs is 1. The number of nitrogens with one attached hydrogen (secondary N) is 1. The highest BCUT2D eigenvalue weighted by Crippen LogP contribution is 2.32. The van der Waals surface area contributed by atoms with Crippen molar-refractivity contribution in [1.29, 1.82) is 0 Å². The van der Waals surface area contributed by atoms with E-state index < -0.39 is 0 Å². The zero-order chi connectivity index (χ0) is 20.2. The first-order valence-electron chi connectivity index (χ1n) is 9.56. The van der Waals surface area contributed by atoms with Crippen molar-refractivity contribution in [2.45, 2.75) is 25.8 Å². The molecule has 0 saturated carbocycles. The minimum atomic E-state index is -0.0856. The molecule has 1 aliphatic heterocycles. The van der Waals surface area contributed by atoms with Crippen LogP contribution in [0.2, 0.25) is 0 Å². The molecule has 1 aliphatic rings. The molecule has 0 aliphatic carbocycles. The zero-order valence-corrected chi connectivity index (χ0v) is 17.3. The largest absolute Gasteiger partial charge is 0.481 e. The number of rotatable bonds is 5. The summed E-state index contributed by atoms with van der Waals surface area (Å²) < 4.78 is 6.24. The van der Waals surface area contributed by atoms with Gasteiger partial charge in [0.25, 0.3) is 0 Å². The fourth-order valence-electron chi connectivity index (χ4n) is 3.48. The van der Waals surface area contributed by atoms with E-state index in [2.05, 4.69) is 37.5 Å². The van der Waals surface area contributed by atoms with Gasteiger partial charge in [-0.3, -0.25) is 4.79 Å². The van der Waals surface area contributed by atoms with E-state index >= 15 is 0 Å². The number of methoxy groups -OCH3 is 1. The van der Waals surface area contributed by atoms with E-state index in [9.17, 15) is 4.79 Å². The van der Waals surface area contributed by atoms with Crippen LogP contribution in [0.1, 0.15) is 24.0 Å². The number of thiophene rings is 1. The quantitative estimate of drug-likeness (QED) is 0.652. The summed E-state index contributed by atoms with van der Waals surface area (Å²) in [6.07, 6.45) is 8.40. The number of ether oxygens (including phenoxy) is 1. The molecule has 8 heteroatoms. The minimum Gasteiger partial charge on any atom is -0.481 e. The summed E-state index contributed by atoms with van der Waals surface area (Å²) in [5, 5.41) is 5.23. The minimum absolute atomic E-state index is 0.0856. The van der Waals surface area contributed by atoms with Gasteiger partial charge in [-0.25, -0.2) is 15.0 Å². The first-order chi connectivity index (χ1) is 14.1. The summed E-state index contributed by atoms with van der Waals surface area (Å²) in [7, 11) is 1.57. The molecule has 3 aromatic heterocycles. The van der Waals surface area contributed by atoms with E-state index in [1.807, 2.05) is 6.07 Å². The summed E-state index contributed by atoms with van der Waals surface area (Å²) >= 11 is 1.69. The van der Waals surface area contributed by atoms with Gasteiger partial charge in [-0.1, -0.05) is 0 Å². The predicted octanol–water partition coefficient (Wildman–Crippen LogP) is 3.20. The van der Waals surface area contributed by atoms with Gasteiger partial charge in [0, 0.05) is 37.5 Å². The van der Waals surface area contributed by atoms with Crippen LogP contribution >= 0.6 is 11.3 Å². The average Bonchev–Trinajstić information content (AvgIpc) is 3.14. The number of anilines is 1. The number of aryl methyl sites for hydroxylation is 1. The van der Waals surface area contributed by atoms with Crippen LogP contribution in [0, 0.1) is 6.92 Å². The topological polar surface area (TPSA) is 80.2 Å². The molecule has 0 radical (unpaired) electrons. The molecule has 150 valence electrons. The monoisotopic (exact) mass is 409 g/mol. The molecule has 1 amide bonds. The number of amides is 1. The van der Waals surface area contributed by atoms with Gasteiger partial charge in [0.05, 0.1) is 17.3 Å². The summed E-state index contributed by atoms with van der Waals surface area (Å²) in [6, 6.07) is 3.79. The van der Waals surface area contributed by atoms with Crippen molar-refractivity contribution < 1.29 is 9.53 Å². The van der Waals surface area contributed by atoms with Crippen molar-refractivity contribution in [3.63, 3.8) is 0 Å². The lowest BCUT2D eigenvalue weighted by Gasteiger charge is -2.33. The molecular formula is C21H23N5O2S. The van der Waals surface area contributed by atoms with Crippen LogP contribution in [0.25, 0.3) is 16.3 Å². The van der Waals surface area contributed by atoms with Gasteiger partial charge in [-0.05, 0) is 48.4 Å². The standard InChI is InChI=1S/C21H23N5O2S/c1-14-12-29-20-19(14)23-13-24-21(20)26-9-6-16(7-10-26)25-17(27)4-3-15-5-8-22-18(11-15)28-2/h3-5,8,11-13,16H,6-7,9-10H2,1-2H3,(H,25,27). The predicted molar refractivity (Wildman–Crippen MR) is 115 cm³/mol. The second-order valence-corrected chi connectivity index (χ2v) is 7.91. The van der Waals surface area contributed by atoms with E-state index in [1.54, 1.807) is 49.2 Å². The SMILES string of the molecule is COc1cc(C=CC(=O)NC2CCN(c3ncnc4c(C)csc34)CC2)ccn1. The van der Waals surface area contributed by atoms with Crippen molar-refractivity contribution in [3.8, 4) is 5.88 Å². The molecule has 3 aromatic rings. The zero-order valence-electron chi connectivity index (χ0n) is 16.5. The van der Waals surface area contributed by atoms with Crippen molar-refractivity contribution in [1.82, 2.24) is 20.3 Å². The van der Waals surface area contributed by atoms with Crippen molar-refractivity contribution >= 4 is 39.4 Å². The fourth-order valence-corrected chi connectivity index (χ4v) is 4.50. The second kappa shape index (κ2) is 8.57. The Bertz CT molecular complexity index is 1040. The van der Waals surface area contributed by atoms with Gasteiger partial charge in [0.2, 0.25) is 11.8 Å². The van der Waals surface area contributed by atoms with Crippen LogP contribution in [0.4, 0.5) is 5.82 Å². The highest BCUT2D eigenvalue weighted by atomic mass is 32.1. The molecule has 0 atom stereocenters. The average molecular weight is 410 g/mol. The first-order valence-corrected chi connectivity index (χ1v) is 10.4. The van der Waals surface area contributed by atoms with Crippen LogP contribution in [-0.2, 0) is 4.79 Å². The number of carbonyl (C=O) groups excluding carboxylic acids is 1. The Labute approximate surface area is 173 Å². The highest BCUT2D eigenvalue weighted by Gasteiger charge is 2.23. The smallest absolute Gasteiger partial charge is 0.244 e. The van der Waals surface area contributed by atoms with E-state index in [0.717, 1.165) is 47.5 Å². The fraction of sp³-hybridized carbons (Fsp3) is 0.333. The summed E-state index contributed by atoms with van der Waals surface area (Å²) in [5.74, 6) is 1.45. The molecule has 4 rings (SSSR count). The third-order valence-corrected chi connectivity index (χ3v) is 6.13. The Balaban J connectivity index is 1.33. The number of piperidine rings is 1. The Hall–Kier alpha value is -3.00. The maximum absolute atomic E-state index is 12.3. The van der Waals surface area contributed by atoms with Gasteiger partial charge < -0.3 is 15.0 Å². The van der Waals surface area contributed by atoms with E-state index in [1.165, 1.54) is 5.56 Å². The molecule has 0 unspecified atom stereocenters. The summed E-state index contributed by atoms with van der Waals surface area (Å²) in [4.78, 5) is 27.6. The second-order valence-electron chi connectivity index (χ2n) is 7.03. The van der Waals surface area contributed by atoms with Crippen molar-refractivity contribution in [2.24, 2.45) is 0 Å². The molecule has 1 saturated heterocycles. The number of pyridine rings is 1. The molecule has 0 aromatic carbocycles. The number of aromatic nitrogens is 3. The van der Waals surface area contributed by atoms with Crippen LogP contribution in [0.5, 0.6) is 5.88 Å². The Morgan fingerprint density at radius 3 is 2.93 bits per heavy atom. The van der Waals surface area contributed by atoms with Gasteiger partial charge in [-0.2, -0.15) is 0 Å². The molecule has 7 nitrogen and oxygen atoms in total. The lowest BCUT2D eigenvalue weighted by molar-refractivity contribution is -0.117. The number of hydrogen-bond donors (Lipinski definition) is 1. The highest BCUT2D eigenvalue weighted by molar-refractivity contribution is 7.18. The van der Waals surface area contributed by atoms with Gasteiger partial charge >= 0.3 is 0 Å². The third-order valence-electron chi connectivity index (χ3n) is 5.05. The molecular weight excluding hydrogens is 386 g/mol. The van der Waals surface area contributed by atoms with Gasteiger partial charge in [-0.15, -0.1) is 11.3 Å². The summed E-state index contributed by atoms with van der Waals surface area (Å²) in [5.41, 5.74) is 3.10. The normalized spacial score (nSPS) is 15.2. The lowest BCUT2D eigenvalue weighted by atomic mass is 10.0. The number of hydrogen-bond acceptors (Lipinski definition) is 7. The maximum Gasteiger partial charge on any atom is 0.244 e. The van der Waals surface area contributed by atoms with E-state index in [-0.39, 0.29) is 11.9 Å². The Morgan fingerprint density at radius 1 is 1.31 bits per heavy atom. The van der Waals surface area contributed by atoms with Crippen molar-refractivity contribution in [2.75, 3.05) is 25.1 Å². The third kappa shape index (κ3) is 4.37. The summed E-state index contributed by atoms with van der Waals surface area (Å²) in [6.45, 7) is 3.80. The molecule has 1 N–H and O–H groups in total. The van der Waals surface area contributed by atoms with Crippen LogP contribution in [0.15, 0.2) is 36.1 Å². The Kier molecular flexibility index (Phi) is 5.71. The van der Waals surface area contributed by atoms with E-state index in [4.69, 9.17) is 4.74 Å². The van der Waals surface area contributed by atoms with Crippen LogP contribution < -0.4 is 15.0 Å². The van der Waals surface area contributed by atoms with Crippen molar-refractivity contribution in [3.05, 3.63) is 47.2 Å². The molecule has 0 bridgehead atoms. The molecule has 0 spiro atoms. The van der Waals surface area contributed by atoms with Crippen LogP contribution in [-0.4, -0.2) is 47.1 Å². The van der Waals surface area contributed by atoms with Crippen LogP contribution in [0.3, 0.4) is 0 Å². The van der Waals surface area contributed by atoms with Gasteiger partial charge in [0.1, 0.15) is 12.1 Å². The maximum atomic E-state index is 12.3.